The highest BCUT2D eigenvalue weighted by Crippen LogP contribution is 2.52. The Balaban J connectivity index is 1.45. The van der Waals surface area contributed by atoms with Gasteiger partial charge in [-0.05, 0) is 74.8 Å². The van der Waals surface area contributed by atoms with Crippen LogP contribution < -0.4 is 20.9 Å². The van der Waals surface area contributed by atoms with Gasteiger partial charge in [0.1, 0.15) is 17.1 Å². The molecule has 2 heterocycles. The third-order valence-corrected chi connectivity index (χ3v) is 10.8. The van der Waals surface area contributed by atoms with E-state index in [1.54, 1.807) is 51.4 Å². The fourth-order valence-electron chi connectivity index (χ4n) is 6.43. The maximum absolute atomic E-state index is 14.3. The van der Waals surface area contributed by atoms with Gasteiger partial charge in [0.25, 0.3) is 0 Å². The summed E-state index contributed by atoms with van der Waals surface area (Å²) in [5.74, 6) is -0.810. The standard InChI is InChI=1S/C34H42F3N6O7P/c1-6-49-51(46,50-7-2)19-20-8-14-26(28(16-20)47-4)40-33-38-17-25(34(35,36)37)30(41-33)39-27-15-13-23(24-18-43(3)32(45)29(24)27)21-9-11-22(12-10-21)31(44)42-48-5/h8,13-18,21-22,45H,6-7,9-12,19H2,1-5H3,(H,42,44)(H2,38,39,40,41). The number of amides is 1. The monoisotopic (exact) mass is 734 g/mol. The van der Waals surface area contributed by atoms with E-state index < -0.39 is 25.2 Å². The van der Waals surface area contributed by atoms with Crippen molar-refractivity contribution in [1.29, 1.82) is 0 Å². The minimum Gasteiger partial charge on any atom is -0.495 e. The van der Waals surface area contributed by atoms with E-state index in [-0.39, 0.29) is 54.6 Å². The summed E-state index contributed by atoms with van der Waals surface area (Å²) in [5.41, 5.74) is 3.36. The molecule has 1 amide bonds. The van der Waals surface area contributed by atoms with E-state index >= 15 is 0 Å². The number of hydrogen-bond acceptors (Lipinski definition) is 11. The molecule has 1 saturated carbocycles. The lowest BCUT2D eigenvalue weighted by atomic mass is 9.77. The summed E-state index contributed by atoms with van der Waals surface area (Å²) in [5, 5.41) is 17.8. The fourth-order valence-corrected chi connectivity index (χ4v) is 8.12. The summed E-state index contributed by atoms with van der Waals surface area (Å²) >= 11 is 0. The summed E-state index contributed by atoms with van der Waals surface area (Å²) in [7, 11) is 1.04. The topological polar surface area (TPSA) is 158 Å². The van der Waals surface area contributed by atoms with Crippen LogP contribution in [-0.4, -0.2) is 53.0 Å². The molecule has 5 rings (SSSR count). The number of fused-ring (bicyclic) bond motifs is 1. The number of halogens is 3. The first-order valence-corrected chi connectivity index (χ1v) is 18.2. The minimum atomic E-state index is -4.80. The lowest BCUT2D eigenvalue weighted by Gasteiger charge is -2.28. The second-order valence-electron chi connectivity index (χ2n) is 12.1. The van der Waals surface area contributed by atoms with E-state index in [0.717, 1.165) is 5.56 Å². The van der Waals surface area contributed by atoms with Crippen LogP contribution in [0.1, 0.15) is 62.1 Å². The summed E-state index contributed by atoms with van der Waals surface area (Å²) in [4.78, 5) is 25.2. The Morgan fingerprint density at radius 3 is 2.35 bits per heavy atom. The highest BCUT2D eigenvalue weighted by Gasteiger charge is 2.36. The van der Waals surface area contributed by atoms with E-state index in [9.17, 15) is 27.6 Å². The lowest BCUT2D eigenvalue weighted by Crippen LogP contribution is -2.32. The Bertz CT molecular complexity index is 1900. The molecule has 0 radical (unpaired) electrons. The Kier molecular flexibility index (Phi) is 11.8. The molecule has 0 aliphatic heterocycles. The number of benzene rings is 2. The van der Waals surface area contributed by atoms with Gasteiger partial charge in [-0.3, -0.25) is 14.2 Å². The van der Waals surface area contributed by atoms with Crippen LogP contribution >= 0.6 is 7.60 Å². The number of carbonyl (C=O) groups excluding carboxylic acids is 1. The van der Waals surface area contributed by atoms with Gasteiger partial charge in [0.2, 0.25) is 17.7 Å². The molecule has 51 heavy (non-hydrogen) atoms. The van der Waals surface area contributed by atoms with Crippen LogP contribution in [0.25, 0.3) is 10.8 Å². The molecule has 0 unspecified atom stereocenters. The van der Waals surface area contributed by atoms with Crippen molar-refractivity contribution < 1.29 is 46.3 Å². The van der Waals surface area contributed by atoms with Gasteiger partial charge in [-0.1, -0.05) is 12.1 Å². The van der Waals surface area contributed by atoms with Gasteiger partial charge < -0.3 is 34.1 Å². The molecule has 13 nitrogen and oxygen atoms in total. The van der Waals surface area contributed by atoms with E-state index in [1.807, 2.05) is 6.07 Å². The van der Waals surface area contributed by atoms with Gasteiger partial charge in [0.05, 0.1) is 50.4 Å². The van der Waals surface area contributed by atoms with Crippen LogP contribution in [0.15, 0.2) is 42.7 Å². The SMILES string of the molecule is CCOP(=O)(Cc1ccc(Nc2ncc(C(F)(F)F)c(Nc3ccc(C4CCC(C(=O)NOC)CC4)c4cn(C)c(O)c34)n2)c(OC)c1)OCC. The molecule has 1 aliphatic rings. The number of alkyl halides is 3. The van der Waals surface area contributed by atoms with Crippen molar-refractivity contribution in [2.45, 2.75) is 57.8 Å². The molecular formula is C34H42F3N6O7P. The Labute approximate surface area is 293 Å². The van der Waals surface area contributed by atoms with Gasteiger partial charge in [0, 0.05) is 30.7 Å². The van der Waals surface area contributed by atoms with Crippen molar-refractivity contribution in [3.63, 3.8) is 0 Å². The molecule has 0 saturated heterocycles. The first kappa shape index (κ1) is 37.9. The van der Waals surface area contributed by atoms with E-state index in [4.69, 9.17) is 18.6 Å². The maximum Gasteiger partial charge on any atom is 0.421 e. The molecule has 276 valence electrons. The Morgan fingerprint density at radius 2 is 1.73 bits per heavy atom. The van der Waals surface area contributed by atoms with Crippen molar-refractivity contribution in [3.05, 3.63) is 59.4 Å². The van der Waals surface area contributed by atoms with Gasteiger partial charge in [-0.2, -0.15) is 18.2 Å². The average Bonchev–Trinajstić information content (AvgIpc) is 3.39. The predicted molar refractivity (Wildman–Crippen MR) is 186 cm³/mol. The average molecular weight is 735 g/mol. The first-order chi connectivity index (χ1) is 24.3. The van der Waals surface area contributed by atoms with Crippen LogP contribution in [0, 0.1) is 5.92 Å². The number of aromatic nitrogens is 3. The van der Waals surface area contributed by atoms with Gasteiger partial charge in [-0.25, -0.2) is 10.5 Å². The highest BCUT2D eigenvalue weighted by molar-refractivity contribution is 7.53. The van der Waals surface area contributed by atoms with E-state index in [1.165, 1.54) is 18.8 Å². The van der Waals surface area contributed by atoms with Crippen LogP contribution in [-0.2, 0) is 42.6 Å². The third kappa shape index (κ3) is 8.58. The molecule has 4 aromatic rings. The number of methoxy groups -OCH3 is 1. The third-order valence-electron chi connectivity index (χ3n) is 8.79. The number of hydrogen-bond donors (Lipinski definition) is 4. The molecule has 0 atom stereocenters. The summed E-state index contributed by atoms with van der Waals surface area (Å²) in [6.07, 6.45) is 0.297. The van der Waals surface area contributed by atoms with Crippen LogP contribution in [0.2, 0.25) is 0 Å². The smallest absolute Gasteiger partial charge is 0.421 e. The number of ether oxygens (including phenoxy) is 1. The molecule has 4 N–H and O–H groups in total. The normalized spacial score (nSPS) is 16.6. The second kappa shape index (κ2) is 15.9. The molecule has 0 spiro atoms. The van der Waals surface area contributed by atoms with Crippen molar-refractivity contribution in [2.75, 3.05) is 38.1 Å². The number of anilines is 4. The second-order valence-corrected chi connectivity index (χ2v) is 14.2. The van der Waals surface area contributed by atoms with Gasteiger partial charge in [0.15, 0.2) is 0 Å². The number of aryl methyl sites for hydroxylation is 1. The Morgan fingerprint density at radius 1 is 1.04 bits per heavy atom. The largest absolute Gasteiger partial charge is 0.495 e. The first-order valence-electron chi connectivity index (χ1n) is 16.5. The molecule has 17 heteroatoms. The van der Waals surface area contributed by atoms with Crippen LogP contribution in [0.3, 0.4) is 0 Å². The molecule has 2 aromatic heterocycles. The van der Waals surface area contributed by atoms with Crippen LogP contribution in [0.4, 0.5) is 36.3 Å². The summed E-state index contributed by atoms with van der Waals surface area (Å²) < 4.78 is 73.7. The number of aromatic hydroxyl groups is 1. The number of hydroxylamine groups is 1. The molecular weight excluding hydrogens is 692 g/mol. The van der Waals surface area contributed by atoms with E-state index in [0.29, 0.717) is 59.7 Å². The number of nitrogens with one attached hydrogen (secondary N) is 3. The van der Waals surface area contributed by atoms with Gasteiger partial charge in [-0.15, -0.1) is 0 Å². The number of nitrogens with zero attached hydrogens (tertiary/aromatic N) is 3. The lowest BCUT2D eigenvalue weighted by molar-refractivity contribution is -0.137. The van der Waals surface area contributed by atoms with Gasteiger partial charge >= 0.3 is 13.8 Å². The quantitative estimate of drug-likeness (QED) is 0.0737. The summed E-state index contributed by atoms with van der Waals surface area (Å²) in [6, 6.07) is 8.34. The number of rotatable bonds is 14. The highest BCUT2D eigenvalue weighted by atomic mass is 31.2. The molecule has 1 aliphatic carbocycles. The predicted octanol–water partition coefficient (Wildman–Crippen LogP) is 7.91. The zero-order valence-corrected chi connectivity index (χ0v) is 29.9. The van der Waals surface area contributed by atoms with E-state index in [2.05, 4.69) is 26.1 Å². The minimum absolute atomic E-state index is 0.0113. The zero-order valence-electron chi connectivity index (χ0n) is 29.0. The van der Waals surface area contributed by atoms with Crippen molar-refractivity contribution in [3.8, 4) is 11.6 Å². The molecule has 1 fully saturated rings. The molecule has 0 bridgehead atoms. The summed E-state index contributed by atoms with van der Waals surface area (Å²) in [6.45, 7) is 3.83. The zero-order chi connectivity index (χ0) is 36.9. The molecule has 2 aromatic carbocycles. The fraction of sp³-hybridized carbons (Fsp3) is 0.441. The number of carbonyl (C=O) groups is 1. The van der Waals surface area contributed by atoms with Crippen LogP contribution in [0.5, 0.6) is 11.6 Å². The van der Waals surface area contributed by atoms with Crippen molar-refractivity contribution in [2.24, 2.45) is 13.0 Å². The van der Waals surface area contributed by atoms with Crippen molar-refractivity contribution in [1.82, 2.24) is 20.0 Å². The maximum atomic E-state index is 14.3. The van der Waals surface area contributed by atoms with Crippen molar-refractivity contribution >= 4 is 47.4 Å². The Hall–Kier alpha value is -4.37.